The Hall–Kier alpha value is -2.38. The topological polar surface area (TPSA) is 32.3 Å². The molecular formula is C20H20BClN2O. The van der Waals surface area contributed by atoms with Crippen LogP contribution in [-0.2, 0) is 0 Å². The second-order valence-electron chi connectivity index (χ2n) is 6.01. The molecule has 25 heavy (non-hydrogen) atoms. The Balaban J connectivity index is 1.95. The van der Waals surface area contributed by atoms with Crippen molar-refractivity contribution in [2.24, 2.45) is 0 Å². The van der Waals surface area contributed by atoms with Crippen LogP contribution >= 0.6 is 11.6 Å². The fourth-order valence-corrected chi connectivity index (χ4v) is 3.12. The largest absolute Gasteiger partial charge is 0.466 e. The van der Waals surface area contributed by atoms with E-state index in [1.54, 1.807) is 0 Å². The van der Waals surface area contributed by atoms with Crippen LogP contribution in [0, 0.1) is 11.7 Å². The van der Waals surface area contributed by atoms with Crippen molar-refractivity contribution in [2.75, 3.05) is 11.1 Å². The lowest BCUT2D eigenvalue weighted by molar-refractivity contribution is 0.0819. The molecule has 1 amide bonds. The number of carbonyl (C=O) groups is 1. The van der Waals surface area contributed by atoms with Crippen molar-refractivity contribution in [3.63, 3.8) is 0 Å². The first-order valence-corrected chi connectivity index (χ1v) is 9.03. The molecule has 1 heterocycles. The summed E-state index contributed by atoms with van der Waals surface area (Å²) in [4.78, 5) is 15.0. The highest BCUT2D eigenvalue weighted by Crippen LogP contribution is 2.30. The number of unbranched alkanes of at least 4 members (excludes halogenated alkanes) is 1. The number of anilines is 1. The zero-order valence-electron chi connectivity index (χ0n) is 14.2. The summed E-state index contributed by atoms with van der Waals surface area (Å²) in [5.41, 5.74) is 2.61. The number of carbonyl (C=O) groups excluding carboxylic acids is 1. The van der Waals surface area contributed by atoms with Gasteiger partial charge in [-0.1, -0.05) is 48.3 Å². The molecule has 1 atom stereocenters. The third kappa shape index (κ3) is 3.83. The Morgan fingerprint density at radius 3 is 2.64 bits per heavy atom. The maximum atomic E-state index is 13.1. The minimum Gasteiger partial charge on any atom is -0.397 e. The zero-order chi connectivity index (χ0) is 17.6. The molecule has 0 radical (unpaired) electrons. The Labute approximate surface area is 154 Å². The average molecular weight is 351 g/mol. The third-order valence-corrected chi connectivity index (χ3v) is 4.60. The summed E-state index contributed by atoms with van der Waals surface area (Å²) in [6, 6.07) is 17.5. The van der Waals surface area contributed by atoms with Gasteiger partial charge in [0.05, 0.1) is 5.56 Å². The fraction of sp³-hybridized carbons (Fsp3) is 0.250. The van der Waals surface area contributed by atoms with Gasteiger partial charge in [0.2, 0.25) is 5.91 Å². The molecule has 0 fully saturated rings. The van der Waals surface area contributed by atoms with Gasteiger partial charge in [-0.3, -0.25) is 4.79 Å². The molecule has 0 spiro atoms. The molecule has 0 aromatic heterocycles. The van der Waals surface area contributed by atoms with Crippen LogP contribution in [0.1, 0.15) is 41.7 Å². The normalized spacial score (nSPS) is 14.2. The smallest absolute Gasteiger partial charge is 0.397 e. The Bertz CT molecular complexity index is 800. The summed E-state index contributed by atoms with van der Waals surface area (Å²) in [6.45, 7) is 1.68. The van der Waals surface area contributed by atoms with E-state index in [1.165, 1.54) is 0 Å². The van der Waals surface area contributed by atoms with E-state index in [-0.39, 0.29) is 18.9 Å². The fourth-order valence-electron chi connectivity index (χ4n) is 2.99. The van der Waals surface area contributed by atoms with Crippen molar-refractivity contribution >= 4 is 30.2 Å². The van der Waals surface area contributed by atoms with Crippen molar-refractivity contribution in [3.8, 4) is 11.7 Å². The SMILES string of the molecule is C[C@H](c1ccccc1)N1B(C#CCCCCl)Nc2ccccc2C1=O. The number of halogens is 1. The minimum atomic E-state index is -0.354. The van der Waals surface area contributed by atoms with Crippen LogP contribution in [0.5, 0.6) is 0 Å². The summed E-state index contributed by atoms with van der Waals surface area (Å²) in [7, 11) is 0. The first-order valence-electron chi connectivity index (χ1n) is 8.50. The minimum absolute atomic E-state index is 0.00217. The van der Waals surface area contributed by atoms with Crippen molar-refractivity contribution in [1.29, 1.82) is 0 Å². The number of fused-ring (bicyclic) bond motifs is 1. The second-order valence-corrected chi connectivity index (χ2v) is 6.38. The van der Waals surface area contributed by atoms with Crippen molar-refractivity contribution < 1.29 is 4.79 Å². The Morgan fingerprint density at radius 2 is 1.88 bits per heavy atom. The molecule has 5 heteroatoms. The first-order chi connectivity index (χ1) is 12.2. The van der Waals surface area contributed by atoms with Crippen LogP contribution in [0.3, 0.4) is 0 Å². The number of amides is 1. The zero-order valence-corrected chi connectivity index (χ0v) is 15.0. The molecule has 1 aliphatic rings. The molecule has 0 saturated carbocycles. The van der Waals surface area contributed by atoms with E-state index in [4.69, 9.17) is 11.6 Å². The van der Waals surface area contributed by atoms with E-state index in [2.05, 4.69) is 17.0 Å². The lowest BCUT2D eigenvalue weighted by atomic mass is 9.69. The van der Waals surface area contributed by atoms with Crippen LogP contribution in [0.4, 0.5) is 5.69 Å². The molecule has 0 saturated heterocycles. The van der Waals surface area contributed by atoms with Gasteiger partial charge in [-0.05, 0) is 31.0 Å². The van der Waals surface area contributed by atoms with Crippen molar-refractivity contribution in [3.05, 3.63) is 65.7 Å². The number of benzene rings is 2. The number of para-hydroxylation sites is 1. The van der Waals surface area contributed by atoms with Gasteiger partial charge >= 0.3 is 6.98 Å². The number of rotatable bonds is 4. The summed E-state index contributed by atoms with van der Waals surface area (Å²) < 4.78 is 0. The number of nitrogens with one attached hydrogen (secondary N) is 1. The number of alkyl halides is 1. The highest BCUT2D eigenvalue weighted by atomic mass is 35.5. The molecule has 0 unspecified atom stereocenters. The van der Waals surface area contributed by atoms with Gasteiger partial charge in [0.25, 0.3) is 0 Å². The van der Waals surface area contributed by atoms with Crippen LogP contribution < -0.4 is 5.23 Å². The van der Waals surface area contributed by atoms with E-state index in [1.807, 2.05) is 66.3 Å². The summed E-state index contributed by atoms with van der Waals surface area (Å²) >= 11 is 5.72. The van der Waals surface area contributed by atoms with Gasteiger partial charge in [0.1, 0.15) is 0 Å². The molecular weight excluding hydrogens is 330 g/mol. The highest BCUT2D eigenvalue weighted by molar-refractivity contribution is 6.72. The van der Waals surface area contributed by atoms with E-state index in [9.17, 15) is 4.79 Å². The molecule has 3 rings (SSSR count). The van der Waals surface area contributed by atoms with E-state index in [0.717, 1.165) is 24.1 Å². The van der Waals surface area contributed by atoms with Crippen LogP contribution in [0.15, 0.2) is 54.6 Å². The Kier molecular flexibility index (Phi) is 5.68. The molecule has 1 aliphatic heterocycles. The summed E-state index contributed by atoms with van der Waals surface area (Å²) in [6.07, 6.45) is 1.57. The van der Waals surface area contributed by atoms with Crippen LogP contribution in [0.25, 0.3) is 0 Å². The Morgan fingerprint density at radius 1 is 1.16 bits per heavy atom. The highest BCUT2D eigenvalue weighted by Gasteiger charge is 2.38. The average Bonchev–Trinajstić information content (AvgIpc) is 2.66. The van der Waals surface area contributed by atoms with Gasteiger partial charge < -0.3 is 10.0 Å². The molecule has 0 aliphatic carbocycles. The van der Waals surface area contributed by atoms with Crippen LogP contribution in [0.2, 0.25) is 0 Å². The van der Waals surface area contributed by atoms with Crippen molar-refractivity contribution in [1.82, 2.24) is 4.81 Å². The molecule has 126 valence electrons. The lowest BCUT2D eigenvalue weighted by Gasteiger charge is -2.37. The second kappa shape index (κ2) is 8.14. The molecule has 1 N–H and O–H groups in total. The van der Waals surface area contributed by atoms with Gasteiger partial charge in [0, 0.05) is 24.0 Å². The number of hydrogen-bond acceptors (Lipinski definition) is 2. The molecule has 2 aromatic rings. The quantitative estimate of drug-likeness (QED) is 0.384. The number of hydrogen-bond donors (Lipinski definition) is 1. The lowest BCUT2D eigenvalue weighted by Crippen LogP contribution is -2.53. The summed E-state index contributed by atoms with van der Waals surface area (Å²) in [5.74, 6) is 6.96. The van der Waals surface area contributed by atoms with Crippen molar-refractivity contribution in [2.45, 2.75) is 25.8 Å². The molecule has 2 aromatic carbocycles. The predicted octanol–water partition coefficient (Wildman–Crippen LogP) is 4.37. The third-order valence-electron chi connectivity index (χ3n) is 4.34. The standard InChI is InChI=1S/C20H20BClN2O/c1-16(17-10-4-2-5-11-17)24-20(25)18-12-6-7-13-19(18)23-21(24)14-8-3-9-15-22/h2,4-7,10-13,16,23H,3,9,15H2,1H3/t16-/m1/s1. The monoisotopic (exact) mass is 350 g/mol. The molecule has 3 nitrogen and oxygen atoms in total. The van der Waals surface area contributed by atoms with E-state index < -0.39 is 0 Å². The van der Waals surface area contributed by atoms with E-state index >= 15 is 0 Å². The van der Waals surface area contributed by atoms with Crippen LogP contribution in [-0.4, -0.2) is 23.6 Å². The van der Waals surface area contributed by atoms with Gasteiger partial charge in [0.15, 0.2) is 0 Å². The first kappa shape index (κ1) is 17.4. The van der Waals surface area contributed by atoms with Gasteiger partial charge in [-0.25, -0.2) is 0 Å². The summed E-state index contributed by atoms with van der Waals surface area (Å²) in [5, 5.41) is 3.40. The predicted molar refractivity (Wildman–Crippen MR) is 105 cm³/mol. The van der Waals surface area contributed by atoms with E-state index in [0.29, 0.717) is 11.4 Å². The number of nitrogens with zero attached hydrogens (tertiary/aromatic N) is 1. The van der Waals surface area contributed by atoms with Gasteiger partial charge in [-0.2, -0.15) is 0 Å². The molecule has 0 bridgehead atoms. The van der Waals surface area contributed by atoms with Gasteiger partial charge in [-0.15, -0.1) is 17.5 Å². The maximum absolute atomic E-state index is 13.1. The maximum Gasteiger partial charge on any atom is 0.466 e.